The first-order valence-electron chi connectivity index (χ1n) is 5.15. The van der Waals surface area contributed by atoms with Gasteiger partial charge in [0.05, 0.1) is 5.02 Å². The number of para-hydroxylation sites is 1. The molecule has 4 heteroatoms. The molecule has 0 radical (unpaired) electrons. The predicted molar refractivity (Wildman–Crippen MR) is 70.1 cm³/mol. The van der Waals surface area contributed by atoms with E-state index in [9.17, 15) is 0 Å². The van der Waals surface area contributed by atoms with Crippen molar-refractivity contribution >= 4 is 23.2 Å². The Kier molecular flexibility index (Phi) is 3.87. The molecule has 0 saturated heterocycles. The first-order chi connectivity index (χ1) is 8.19. The van der Waals surface area contributed by atoms with Crippen molar-refractivity contribution in [3.8, 4) is 11.6 Å². The van der Waals surface area contributed by atoms with Crippen molar-refractivity contribution in [3.63, 3.8) is 0 Å². The minimum absolute atomic E-state index is 0.433. The fourth-order valence-corrected chi connectivity index (χ4v) is 1.81. The van der Waals surface area contributed by atoms with Gasteiger partial charge >= 0.3 is 0 Å². The molecule has 0 saturated carbocycles. The van der Waals surface area contributed by atoms with Gasteiger partial charge in [-0.05, 0) is 30.7 Å². The van der Waals surface area contributed by atoms with Crippen LogP contribution in [-0.4, -0.2) is 4.98 Å². The summed E-state index contributed by atoms with van der Waals surface area (Å²) >= 11 is 11.8. The molecule has 0 N–H and O–H groups in total. The molecule has 1 aromatic heterocycles. The van der Waals surface area contributed by atoms with Gasteiger partial charge in [0.25, 0.3) is 0 Å². The van der Waals surface area contributed by atoms with Crippen LogP contribution in [0.2, 0.25) is 5.02 Å². The number of halogens is 2. The van der Waals surface area contributed by atoms with Gasteiger partial charge in [0, 0.05) is 17.6 Å². The highest BCUT2D eigenvalue weighted by atomic mass is 35.5. The Morgan fingerprint density at radius 2 is 2.00 bits per heavy atom. The maximum atomic E-state index is 6.01. The molecular formula is C13H11Cl2NO. The molecule has 0 fully saturated rings. The third-order valence-electron chi connectivity index (χ3n) is 2.20. The average Bonchev–Trinajstić information content (AvgIpc) is 2.31. The van der Waals surface area contributed by atoms with Crippen LogP contribution in [0.1, 0.15) is 11.3 Å². The van der Waals surface area contributed by atoms with Crippen LogP contribution < -0.4 is 4.74 Å². The number of hydrogen-bond donors (Lipinski definition) is 0. The Morgan fingerprint density at radius 1 is 1.24 bits per heavy atom. The van der Waals surface area contributed by atoms with Crippen LogP contribution in [-0.2, 0) is 5.88 Å². The number of benzene rings is 1. The fraction of sp³-hybridized carbons (Fsp3) is 0.154. The standard InChI is InChI=1S/C13H11Cl2NO/c1-9-6-10(8-14)7-13(16-9)17-12-5-3-2-4-11(12)15/h2-7H,8H2,1H3. The van der Waals surface area contributed by atoms with Crippen LogP contribution in [0, 0.1) is 6.92 Å². The van der Waals surface area contributed by atoms with Gasteiger partial charge in [-0.3, -0.25) is 0 Å². The highest BCUT2D eigenvalue weighted by Crippen LogP contribution is 2.28. The van der Waals surface area contributed by atoms with Crippen molar-refractivity contribution in [3.05, 3.63) is 52.7 Å². The normalized spacial score (nSPS) is 10.3. The Bertz CT molecular complexity index is 529. The smallest absolute Gasteiger partial charge is 0.219 e. The second-order valence-electron chi connectivity index (χ2n) is 3.62. The van der Waals surface area contributed by atoms with Gasteiger partial charge in [0.2, 0.25) is 5.88 Å². The van der Waals surface area contributed by atoms with E-state index < -0.39 is 0 Å². The molecule has 88 valence electrons. The number of alkyl halides is 1. The van der Waals surface area contributed by atoms with E-state index in [4.69, 9.17) is 27.9 Å². The molecule has 0 spiro atoms. The van der Waals surface area contributed by atoms with Crippen LogP contribution in [0.15, 0.2) is 36.4 Å². The third-order valence-corrected chi connectivity index (χ3v) is 2.82. The largest absolute Gasteiger partial charge is 0.437 e. The van der Waals surface area contributed by atoms with Crippen LogP contribution in [0.3, 0.4) is 0 Å². The van der Waals surface area contributed by atoms with E-state index in [1.165, 1.54) is 0 Å². The van der Waals surface area contributed by atoms with Gasteiger partial charge < -0.3 is 4.74 Å². The van der Waals surface area contributed by atoms with Gasteiger partial charge in [-0.1, -0.05) is 23.7 Å². The van der Waals surface area contributed by atoms with Crippen molar-refractivity contribution in [1.29, 1.82) is 0 Å². The van der Waals surface area contributed by atoms with E-state index in [-0.39, 0.29) is 0 Å². The molecule has 0 amide bonds. The third kappa shape index (κ3) is 3.11. The maximum absolute atomic E-state index is 6.01. The van der Waals surface area contributed by atoms with Crippen molar-refractivity contribution in [2.45, 2.75) is 12.8 Å². The lowest BCUT2D eigenvalue weighted by Gasteiger charge is -2.08. The lowest BCUT2D eigenvalue weighted by Crippen LogP contribution is -1.92. The van der Waals surface area contributed by atoms with Gasteiger partial charge in [-0.15, -0.1) is 11.6 Å². The minimum atomic E-state index is 0.433. The lowest BCUT2D eigenvalue weighted by atomic mass is 10.2. The van der Waals surface area contributed by atoms with Crippen molar-refractivity contribution in [1.82, 2.24) is 4.98 Å². The molecule has 1 heterocycles. The molecule has 0 aliphatic rings. The summed E-state index contributed by atoms with van der Waals surface area (Å²) in [6.07, 6.45) is 0. The van der Waals surface area contributed by atoms with Gasteiger partial charge in [-0.25, -0.2) is 4.98 Å². The highest BCUT2D eigenvalue weighted by molar-refractivity contribution is 6.32. The second-order valence-corrected chi connectivity index (χ2v) is 4.30. The Hall–Kier alpha value is -1.25. The number of ether oxygens (including phenoxy) is 1. The summed E-state index contributed by atoms with van der Waals surface area (Å²) in [6.45, 7) is 1.90. The van der Waals surface area contributed by atoms with E-state index in [0.717, 1.165) is 11.3 Å². The quantitative estimate of drug-likeness (QED) is 0.760. The van der Waals surface area contributed by atoms with Crippen molar-refractivity contribution < 1.29 is 4.74 Å². The fourth-order valence-electron chi connectivity index (χ4n) is 1.48. The Labute approximate surface area is 110 Å². The summed E-state index contributed by atoms with van der Waals surface area (Å²) in [5, 5.41) is 0.559. The van der Waals surface area contributed by atoms with Gasteiger partial charge in [-0.2, -0.15) is 0 Å². The summed E-state index contributed by atoms with van der Waals surface area (Å²) in [5.41, 5.74) is 1.84. The molecular weight excluding hydrogens is 257 g/mol. The van der Waals surface area contributed by atoms with Gasteiger partial charge in [0.15, 0.2) is 0 Å². The zero-order valence-corrected chi connectivity index (χ0v) is 10.8. The molecule has 1 aromatic carbocycles. The minimum Gasteiger partial charge on any atom is -0.437 e. The van der Waals surface area contributed by atoms with Crippen LogP contribution in [0.5, 0.6) is 11.6 Å². The number of aryl methyl sites for hydroxylation is 1. The molecule has 17 heavy (non-hydrogen) atoms. The number of hydrogen-bond acceptors (Lipinski definition) is 2. The van der Waals surface area contributed by atoms with E-state index in [0.29, 0.717) is 22.5 Å². The van der Waals surface area contributed by atoms with Gasteiger partial charge in [0.1, 0.15) is 5.75 Å². The first kappa shape index (κ1) is 12.2. The summed E-state index contributed by atoms with van der Waals surface area (Å²) in [6, 6.07) is 11.0. The SMILES string of the molecule is Cc1cc(CCl)cc(Oc2ccccc2Cl)n1. The maximum Gasteiger partial charge on any atom is 0.219 e. The Balaban J connectivity index is 2.30. The van der Waals surface area contributed by atoms with Crippen LogP contribution in [0.25, 0.3) is 0 Å². The monoisotopic (exact) mass is 267 g/mol. The topological polar surface area (TPSA) is 22.1 Å². The summed E-state index contributed by atoms with van der Waals surface area (Å²) in [7, 11) is 0. The van der Waals surface area contributed by atoms with E-state index >= 15 is 0 Å². The molecule has 2 aromatic rings. The zero-order chi connectivity index (χ0) is 12.3. The van der Waals surface area contributed by atoms with Crippen molar-refractivity contribution in [2.75, 3.05) is 0 Å². The molecule has 2 rings (SSSR count). The lowest BCUT2D eigenvalue weighted by molar-refractivity contribution is 0.461. The van der Waals surface area contributed by atoms with E-state index in [1.54, 1.807) is 12.1 Å². The molecule has 2 nitrogen and oxygen atoms in total. The Morgan fingerprint density at radius 3 is 2.71 bits per heavy atom. The first-order valence-corrected chi connectivity index (χ1v) is 6.06. The summed E-state index contributed by atoms with van der Waals surface area (Å²) < 4.78 is 5.63. The van der Waals surface area contributed by atoms with E-state index in [2.05, 4.69) is 4.98 Å². The predicted octanol–water partition coefficient (Wildman–Crippen LogP) is 4.57. The number of nitrogens with zero attached hydrogens (tertiary/aromatic N) is 1. The molecule has 0 bridgehead atoms. The molecule has 0 unspecified atom stereocenters. The molecule has 0 aliphatic heterocycles. The van der Waals surface area contributed by atoms with E-state index in [1.807, 2.05) is 31.2 Å². The highest BCUT2D eigenvalue weighted by Gasteiger charge is 2.05. The molecule has 0 aliphatic carbocycles. The zero-order valence-electron chi connectivity index (χ0n) is 9.28. The number of pyridine rings is 1. The average molecular weight is 268 g/mol. The van der Waals surface area contributed by atoms with Crippen molar-refractivity contribution in [2.24, 2.45) is 0 Å². The number of aromatic nitrogens is 1. The van der Waals surface area contributed by atoms with Crippen LogP contribution >= 0.6 is 23.2 Å². The number of rotatable bonds is 3. The summed E-state index contributed by atoms with van der Waals surface area (Å²) in [4.78, 5) is 4.28. The second kappa shape index (κ2) is 5.39. The molecule has 0 atom stereocenters. The van der Waals surface area contributed by atoms with Crippen LogP contribution in [0.4, 0.5) is 0 Å². The summed E-state index contributed by atoms with van der Waals surface area (Å²) in [5.74, 6) is 1.53.